The van der Waals surface area contributed by atoms with Crippen molar-refractivity contribution >= 4 is 34.1 Å². The molecule has 1 amide bonds. The maximum absolute atomic E-state index is 13.0. The molecule has 1 aromatic carbocycles. The van der Waals surface area contributed by atoms with E-state index < -0.39 is 0 Å². The van der Waals surface area contributed by atoms with Crippen LogP contribution in [-0.2, 0) is 9.53 Å². The molecule has 3 unspecified atom stereocenters. The Kier molecular flexibility index (Phi) is 7.03. The van der Waals surface area contributed by atoms with Gasteiger partial charge >= 0.3 is 0 Å². The molecule has 146 valence electrons. The van der Waals surface area contributed by atoms with Crippen molar-refractivity contribution in [3.63, 3.8) is 0 Å². The van der Waals surface area contributed by atoms with Gasteiger partial charge in [0, 0.05) is 13.2 Å². The molecule has 2 aromatic rings. The Hall–Kier alpha value is -1.71. The summed E-state index contributed by atoms with van der Waals surface area (Å²) in [5.41, 5.74) is 0.860. The van der Waals surface area contributed by atoms with Gasteiger partial charge in [0.1, 0.15) is 5.82 Å². The molecule has 0 aliphatic carbocycles. The highest BCUT2D eigenvalue weighted by atomic mass is 32.2. The van der Waals surface area contributed by atoms with Gasteiger partial charge in [-0.3, -0.25) is 4.79 Å². The van der Waals surface area contributed by atoms with Gasteiger partial charge in [0.05, 0.1) is 17.4 Å². The number of rotatable bonds is 8. The molecule has 0 saturated carbocycles. The van der Waals surface area contributed by atoms with Crippen LogP contribution in [0.25, 0.3) is 0 Å². The molecular weight excluding hydrogens is 387 g/mol. The highest BCUT2D eigenvalue weighted by molar-refractivity contribution is 8.02. The second kappa shape index (κ2) is 9.48. The predicted molar refractivity (Wildman–Crippen MR) is 106 cm³/mol. The van der Waals surface area contributed by atoms with Crippen LogP contribution in [0.3, 0.4) is 0 Å². The molecule has 1 aliphatic heterocycles. The van der Waals surface area contributed by atoms with Gasteiger partial charge in [0.25, 0.3) is 0 Å². The molecule has 3 rings (SSSR count). The van der Waals surface area contributed by atoms with Crippen LogP contribution in [0.5, 0.6) is 0 Å². The van der Waals surface area contributed by atoms with Crippen molar-refractivity contribution in [1.82, 2.24) is 15.5 Å². The third-order valence-electron chi connectivity index (χ3n) is 4.29. The van der Waals surface area contributed by atoms with Gasteiger partial charge in [-0.15, -0.1) is 10.2 Å². The number of ether oxygens (including phenoxy) is 1. The van der Waals surface area contributed by atoms with Crippen LogP contribution < -0.4 is 10.6 Å². The normalized spacial score (nSPS) is 18.9. The summed E-state index contributed by atoms with van der Waals surface area (Å²) in [7, 11) is 0. The van der Waals surface area contributed by atoms with Crippen LogP contribution in [0, 0.1) is 5.82 Å². The Bertz CT molecular complexity index is 750. The zero-order valence-electron chi connectivity index (χ0n) is 15.3. The first-order valence-corrected chi connectivity index (χ1v) is 10.6. The summed E-state index contributed by atoms with van der Waals surface area (Å²) in [4.78, 5) is 12.4. The zero-order chi connectivity index (χ0) is 19.2. The Balaban J connectivity index is 1.46. The standard InChI is InChI=1S/C18H23FN4O2S2/c1-11(13-5-7-14(19)8-6-13)21-16(24)12(2)26-18-23-22-17(27-18)20-10-15-4-3-9-25-15/h5-8,11-12,15H,3-4,9-10H2,1-2H3,(H,20,22)(H,21,24). The van der Waals surface area contributed by atoms with Crippen molar-refractivity contribution < 1.29 is 13.9 Å². The van der Waals surface area contributed by atoms with Crippen LogP contribution >= 0.6 is 23.1 Å². The fraction of sp³-hybridized carbons (Fsp3) is 0.500. The minimum absolute atomic E-state index is 0.0964. The van der Waals surface area contributed by atoms with Gasteiger partial charge in [-0.25, -0.2) is 4.39 Å². The van der Waals surface area contributed by atoms with E-state index in [2.05, 4.69) is 20.8 Å². The number of amides is 1. The Labute approximate surface area is 166 Å². The Morgan fingerprint density at radius 1 is 1.37 bits per heavy atom. The number of halogens is 1. The number of thioether (sulfide) groups is 1. The molecule has 9 heteroatoms. The number of carbonyl (C=O) groups is 1. The highest BCUT2D eigenvalue weighted by Gasteiger charge is 2.20. The number of aromatic nitrogens is 2. The van der Waals surface area contributed by atoms with Gasteiger partial charge in [-0.05, 0) is 44.4 Å². The Morgan fingerprint density at radius 3 is 2.85 bits per heavy atom. The van der Waals surface area contributed by atoms with E-state index in [1.807, 2.05) is 13.8 Å². The van der Waals surface area contributed by atoms with E-state index in [1.54, 1.807) is 12.1 Å². The smallest absolute Gasteiger partial charge is 0.233 e. The molecule has 2 heterocycles. The topological polar surface area (TPSA) is 76.1 Å². The molecule has 2 N–H and O–H groups in total. The molecule has 6 nitrogen and oxygen atoms in total. The van der Waals surface area contributed by atoms with E-state index >= 15 is 0 Å². The summed E-state index contributed by atoms with van der Waals surface area (Å²) in [5.74, 6) is -0.387. The summed E-state index contributed by atoms with van der Waals surface area (Å²) >= 11 is 2.80. The van der Waals surface area contributed by atoms with E-state index in [0.29, 0.717) is 0 Å². The summed E-state index contributed by atoms with van der Waals surface area (Å²) in [6, 6.07) is 5.94. The average Bonchev–Trinajstić information content (AvgIpc) is 3.32. The van der Waals surface area contributed by atoms with E-state index in [1.165, 1.54) is 35.2 Å². The van der Waals surface area contributed by atoms with E-state index in [9.17, 15) is 9.18 Å². The largest absolute Gasteiger partial charge is 0.376 e. The van der Waals surface area contributed by atoms with Gasteiger partial charge < -0.3 is 15.4 Å². The Morgan fingerprint density at radius 2 is 2.15 bits per heavy atom. The maximum Gasteiger partial charge on any atom is 0.233 e. The number of anilines is 1. The number of hydrogen-bond acceptors (Lipinski definition) is 7. The van der Waals surface area contributed by atoms with Crippen molar-refractivity contribution in [3.05, 3.63) is 35.6 Å². The molecule has 0 spiro atoms. The third-order valence-corrected chi connectivity index (χ3v) is 6.35. The van der Waals surface area contributed by atoms with E-state index in [0.717, 1.165) is 41.0 Å². The highest BCUT2D eigenvalue weighted by Crippen LogP contribution is 2.29. The quantitative estimate of drug-likeness (QED) is 0.648. The minimum atomic E-state index is -0.313. The molecular formula is C18H23FN4O2S2. The lowest BCUT2D eigenvalue weighted by molar-refractivity contribution is -0.120. The number of hydrogen-bond donors (Lipinski definition) is 2. The van der Waals surface area contributed by atoms with Crippen molar-refractivity contribution in [1.29, 1.82) is 0 Å². The van der Waals surface area contributed by atoms with E-state index in [-0.39, 0.29) is 29.1 Å². The zero-order valence-corrected chi connectivity index (χ0v) is 16.9. The lowest BCUT2D eigenvalue weighted by atomic mass is 10.1. The number of nitrogens with one attached hydrogen (secondary N) is 2. The van der Waals surface area contributed by atoms with Crippen LogP contribution in [0.2, 0.25) is 0 Å². The predicted octanol–water partition coefficient (Wildman–Crippen LogP) is 3.63. The molecule has 1 fully saturated rings. The molecule has 1 aliphatic rings. The van der Waals surface area contributed by atoms with Crippen LogP contribution in [0.15, 0.2) is 28.6 Å². The van der Waals surface area contributed by atoms with Crippen LogP contribution in [0.1, 0.15) is 38.3 Å². The van der Waals surface area contributed by atoms with Crippen molar-refractivity contribution in [2.24, 2.45) is 0 Å². The third kappa shape index (κ3) is 5.88. The lowest BCUT2D eigenvalue weighted by Crippen LogP contribution is -2.33. The molecule has 27 heavy (non-hydrogen) atoms. The number of carbonyl (C=O) groups excluding carboxylic acids is 1. The van der Waals surface area contributed by atoms with Crippen molar-refractivity contribution in [3.8, 4) is 0 Å². The van der Waals surface area contributed by atoms with Crippen molar-refractivity contribution in [2.75, 3.05) is 18.5 Å². The first-order valence-electron chi connectivity index (χ1n) is 8.92. The molecule has 0 bridgehead atoms. The summed E-state index contributed by atoms with van der Waals surface area (Å²) < 4.78 is 19.3. The SMILES string of the molecule is CC(Sc1nnc(NCC2CCCO2)s1)C(=O)NC(C)c1ccc(F)cc1. The second-order valence-electron chi connectivity index (χ2n) is 6.43. The van der Waals surface area contributed by atoms with E-state index in [4.69, 9.17) is 4.74 Å². The molecule has 1 aromatic heterocycles. The first-order chi connectivity index (χ1) is 13.0. The van der Waals surface area contributed by atoms with Gasteiger partial charge in [-0.1, -0.05) is 35.2 Å². The number of benzene rings is 1. The minimum Gasteiger partial charge on any atom is -0.376 e. The maximum atomic E-state index is 13.0. The average molecular weight is 411 g/mol. The molecule has 1 saturated heterocycles. The summed E-state index contributed by atoms with van der Waals surface area (Å²) in [6.45, 7) is 5.26. The monoisotopic (exact) mass is 410 g/mol. The van der Waals surface area contributed by atoms with Crippen LogP contribution in [-0.4, -0.2) is 40.6 Å². The summed E-state index contributed by atoms with van der Waals surface area (Å²) in [5, 5.41) is 14.9. The fourth-order valence-corrected chi connectivity index (χ4v) is 4.62. The second-order valence-corrected chi connectivity index (χ2v) is 9.00. The van der Waals surface area contributed by atoms with Gasteiger partial charge in [-0.2, -0.15) is 0 Å². The van der Waals surface area contributed by atoms with Gasteiger partial charge in [0.15, 0.2) is 4.34 Å². The fourth-order valence-electron chi connectivity index (χ4n) is 2.71. The first kappa shape index (κ1) is 20.0. The van der Waals surface area contributed by atoms with Gasteiger partial charge in [0.2, 0.25) is 11.0 Å². The van der Waals surface area contributed by atoms with Crippen LogP contribution in [0.4, 0.5) is 9.52 Å². The molecule has 0 radical (unpaired) electrons. The lowest BCUT2D eigenvalue weighted by Gasteiger charge is -2.17. The summed E-state index contributed by atoms with van der Waals surface area (Å²) in [6.07, 6.45) is 2.41. The van der Waals surface area contributed by atoms with Crippen molar-refractivity contribution in [2.45, 2.75) is 48.4 Å². The number of nitrogens with zero attached hydrogens (tertiary/aromatic N) is 2. The molecule has 3 atom stereocenters.